The number of benzene rings is 3. The number of tetrazole rings is 1. The number of carboxylic acids is 1. The second-order valence-electron chi connectivity index (χ2n) is 5.63. The Balaban J connectivity index is 1.97. The first-order valence-corrected chi connectivity index (χ1v) is 8.07. The molecule has 0 aliphatic carbocycles. The summed E-state index contributed by atoms with van der Waals surface area (Å²) in [4.78, 5) is 14.8. The van der Waals surface area contributed by atoms with Gasteiger partial charge in [0, 0.05) is 4.80 Å². The van der Waals surface area contributed by atoms with Crippen LogP contribution < -0.4 is 4.80 Å². The second kappa shape index (κ2) is 6.60. The molecule has 126 valence electrons. The highest BCUT2D eigenvalue weighted by atomic mass is 16.4. The van der Waals surface area contributed by atoms with Gasteiger partial charge in [0.15, 0.2) is 5.69 Å². The van der Waals surface area contributed by atoms with Crippen LogP contribution >= 0.6 is 0 Å². The minimum Gasteiger partial charge on any atom is -0.478 e. The molecule has 3 aromatic carbocycles. The lowest BCUT2D eigenvalue weighted by Crippen LogP contribution is -2.44. The molecular formula is C20H15N4O2+. The van der Waals surface area contributed by atoms with Crippen molar-refractivity contribution in [1.82, 2.24) is 15.0 Å². The standard InChI is InChI=1S/C20H14N4O2/c25-20(26)17-13-7-8-14-18(17)24-22-19(15-9-3-1-4-10-15)21-23(24)16-11-5-2-6-12-16/h1-14H/p+1. The van der Waals surface area contributed by atoms with Crippen LogP contribution in [0.3, 0.4) is 0 Å². The summed E-state index contributed by atoms with van der Waals surface area (Å²) in [5.41, 5.74) is 2.23. The smallest absolute Gasteiger partial charge is 0.340 e. The Kier molecular flexibility index (Phi) is 3.99. The van der Waals surface area contributed by atoms with Gasteiger partial charge in [0.1, 0.15) is 11.3 Å². The van der Waals surface area contributed by atoms with Crippen molar-refractivity contribution in [2.24, 2.45) is 0 Å². The molecule has 0 aliphatic heterocycles. The average molecular weight is 343 g/mol. The Bertz CT molecular complexity index is 1060. The number of hydrogen-bond acceptors (Lipinski definition) is 3. The van der Waals surface area contributed by atoms with Gasteiger partial charge in [0.05, 0.1) is 10.7 Å². The number of carboxylic acid groups (broad SMARTS) is 1. The summed E-state index contributed by atoms with van der Waals surface area (Å²) in [5, 5.41) is 18.7. The molecule has 0 unspecified atom stereocenters. The van der Waals surface area contributed by atoms with E-state index in [0.717, 1.165) is 11.3 Å². The fourth-order valence-corrected chi connectivity index (χ4v) is 2.70. The van der Waals surface area contributed by atoms with Gasteiger partial charge in [-0.05, 0) is 46.3 Å². The van der Waals surface area contributed by atoms with Crippen LogP contribution in [0, 0.1) is 0 Å². The summed E-state index contributed by atoms with van der Waals surface area (Å²) in [6.45, 7) is 0. The minimum absolute atomic E-state index is 0.154. The fourth-order valence-electron chi connectivity index (χ4n) is 2.70. The average Bonchev–Trinajstić information content (AvgIpc) is 3.14. The molecule has 1 aromatic heterocycles. The first kappa shape index (κ1) is 15.7. The number of rotatable bonds is 4. The summed E-state index contributed by atoms with van der Waals surface area (Å²) in [6.07, 6.45) is 0. The van der Waals surface area contributed by atoms with Gasteiger partial charge in [0.2, 0.25) is 0 Å². The highest BCUT2D eigenvalue weighted by molar-refractivity contribution is 5.90. The second-order valence-corrected chi connectivity index (χ2v) is 5.63. The third kappa shape index (κ3) is 2.84. The summed E-state index contributed by atoms with van der Waals surface area (Å²) in [6, 6.07) is 25.8. The summed E-state index contributed by atoms with van der Waals surface area (Å²) in [7, 11) is 0. The minimum atomic E-state index is -1.02. The van der Waals surface area contributed by atoms with E-state index in [9.17, 15) is 9.90 Å². The summed E-state index contributed by atoms with van der Waals surface area (Å²) >= 11 is 0. The lowest BCUT2D eigenvalue weighted by atomic mass is 10.2. The maximum absolute atomic E-state index is 11.6. The van der Waals surface area contributed by atoms with Gasteiger partial charge >= 0.3 is 11.8 Å². The first-order chi connectivity index (χ1) is 12.7. The molecule has 0 spiro atoms. The summed E-state index contributed by atoms with van der Waals surface area (Å²) in [5.74, 6) is -0.508. The van der Waals surface area contributed by atoms with Crippen molar-refractivity contribution in [2.45, 2.75) is 0 Å². The van der Waals surface area contributed by atoms with Gasteiger partial charge in [-0.1, -0.05) is 48.5 Å². The molecule has 0 aliphatic rings. The first-order valence-electron chi connectivity index (χ1n) is 8.07. The third-order valence-electron chi connectivity index (χ3n) is 3.93. The fraction of sp³-hybridized carbons (Fsp3) is 0. The Morgan fingerprint density at radius 3 is 2.15 bits per heavy atom. The monoisotopic (exact) mass is 343 g/mol. The van der Waals surface area contributed by atoms with E-state index in [2.05, 4.69) is 10.2 Å². The Hall–Kier alpha value is -3.80. The molecule has 1 N–H and O–H groups in total. The number of carbonyl (C=O) groups is 1. The topological polar surface area (TPSA) is 71.9 Å². The highest BCUT2D eigenvalue weighted by Crippen LogP contribution is 2.16. The predicted molar refractivity (Wildman–Crippen MR) is 95.3 cm³/mol. The molecule has 0 atom stereocenters. The van der Waals surface area contributed by atoms with E-state index in [0.29, 0.717) is 11.5 Å². The number of para-hydroxylation sites is 2. The third-order valence-corrected chi connectivity index (χ3v) is 3.93. The molecule has 1 heterocycles. The van der Waals surface area contributed by atoms with E-state index in [-0.39, 0.29) is 5.56 Å². The number of nitrogens with zero attached hydrogens (tertiary/aromatic N) is 4. The molecule has 0 saturated heterocycles. The molecular weight excluding hydrogens is 328 g/mol. The molecule has 0 radical (unpaired) electrons. The zero-order valence-electron chi connectivity index (χ0n) is 13.7. The van der Waals surface area contributed by atoms with E-state index < -0.39 is 5.97 Å². The van der Waals surface area contributed by atoms with Crippen LogP contribution in [0.15, 0.2) is 84.9 Å². The molecule has 4 aromatic rings. The van der Waals surface area contributed by atoms with Crippen LogP contribution in [0.25, 0.3) is 22.8 Å². The van der Waals surface area contributed by atoms with Crippen molar-refractivity contribution < 1.29 is 14.7 Å². The van der Waals surface area contributed by atoms with Gasteiger partial charge in [0.25, 0.3) is 0 Å². The van der Waals surface area contributed by atoms with Crippen LogP contribution in [0.1, 0.15) is 10.4 Å². The highest BCUT2D eigenvalue weighted by Gasteiger charge is 2.26. The van der Waals surface area contributed by atoms with Gasteiger partial charge in [-0.15, -0.1) is 0 Å². The number of aromatic nitrogens is 4. The lowest BCUT2D eigenvalue weighted by Gasteiger charge is -2.02. The van der Waals surface area contributed by atoms with Crippen molar-refractivity contribution >= 4 is 5.97 Å². The molecule has 4 rings (SSSR count). The van der Waals surface area contributed by atoms with Crippen molar-refractivity contribution in [3.63, 3.8) is 0 Å². The molecule has 6 heteroatoms. The molecule has 6 nitrogen and oxygen atoms in total. The zero-order valence-corrected chi connectivity index (χ0v) is 13.7. The van der Waals surface area contributed by atoms with Crippen molar-refractivity contribution in [3.8, 4) is 22.8 Å². The van der Waals surface area contributed by atoms with E-state index >= 15 is 0 Å². The lowest BCUT2D eigenvalue weighted by molar-refractivity contribution is -0.734. The maximum Gasteiger partial charge on any atom is 0.340 e. The van der Waals surface area contributed by atoms with Crippen molar-refractivity contribution in [1.29, 1.82) is 0 Å². The number of hydrogen-bond donors (Lipinski definition) is 1. The SMILES string of the molecule is O=C(O)c1ccccc1-[n+]1nc(-c2ccccc2)nn1-c1ccccc1. The maximum atomic E-state index is 11.6. The van der Waals surface area contributed by atoms with Gasteiger partial charge in [-0.2, -0.15) is 0 Å². The zero-order chi connectivity index (χ0) is 17.9. The van der Waals surface area contributed by atoms with Crippen LogP contribution in [0.5, 0.6) is 0 Å². The van der Waals surface area contributed by atoms with Gasteiger partial charge in [-0.25, -0.2) is 4.79 Å². The normalized spacial score (nSPS) is 10.6. The molecule has 0 amide bonds. The van der Waals surface area contributed by atoms with E-state index in [4.69, 9.17) is 0 Å². The van der Waals surface area contributed by atoms with Gasteiger partial charge < -0.3 is 5.11 Å². The van der Waals surface area contributed by atoms with E-state index in [1.54, 1.807) is 29.1 Å². The van der Waals surface area contributed by atoms with Gasteiger partial charge in [-0.3, -0.25) is 0 Å². The van der Waals surface area contributed by atoms with E-state index in [1.165, 1.54) is 4.80 Å². The number of aromatic carboxylic acids is 1. The van der Waals surface area contributed by atoms with Crippen LogP contribution in [0.4, 0.5) is 0 Å². The molecule has 0 saturated carbocycles. The largest absolute Gasteiger partial charge is 0.478 e. The van der Waals surface area contributed by atoms with Crippen LogP contribution in [-0.4, -0.2) is 26.1 Å². The summed E-state index contributed by atoms with van der Waals surface area (Å²) < 4.78 is 0. The van der Waals surface area contributed by atoms with Crippen LogP contribution in [0.2, 0.25) is 0 Å². The Morgan fingerprint density at radius 2 is 1.46 bits per heavy atom. The van der Waals surface area contributed by atoms with E-state index in [1.807, 2.05) is 60.7 Å². The molecule has 0 bridgehead atoms. The molecule has 0 fully saturated rings. The van der Waals surface area contributed by atoms with Crippen LogP contribution in [-0.2, 0) is 0 Å². The Morgan fingerprint density at radius 1 is 0.846 bits per heavy atom. The van der Waals surface area contributed by atoms with Crippen molar-refractivity contribution in [3.05, 3.63) is 90.5 Å². The molecule has 26 heavy (non-hydrogen) atoms. The van der Waals surface area contributed by atoms with Crippen molar-refractivity contribution in [2.75, 3.05) is 0 Å². The quantitative estimate of drug-likeness (QED) is 0.578. The Labute approximate surface area is 149 Å². The predicted octanol–water partition coefficient (Wildman–Crippen LogP) is 2.91.